The summed E-state index contributed by atoms with van der Waals surface area (Å²) in [5, 5.41) is 3.63. The molecule has 11 heteroatoms. The highest BCUT2D eigenvalue weighted by atomic mass is 32.2. The summed E-state index contributed by atoms with van der Waals surface area (Å²) >= 11 is 2.56. The van der Waals surface area contributed by atoms with E-state index in [1.165, 1.54) is 11.8 Å². The molecule has 4 amide bonds. The minimum Gasteiger partial charge on any atom is -0.318 e. The first-order valence-electron chi connectivity index (χ1n) is 9.30. The van der Waals surface area contributed by atoms with Crippen LogP contribution in [0.4, 0.5) is 4.79 Å². The van der Waals surface area contributed by atoms with Crippen LogP contribution >= 0.6 is 23.1 Å². The Morgan fingerprint density at radius 3 is 2.65 bits per heavy atom. The molecule has 1 fully saturated rings. The normalized spacial score (nSPS) is 18.5. The molecule has 0 aliphatic carbocycles. The molecule has 2 aromatic heterocycles. The maximum absolute atomic E-state index is 13.0. The molecule has 1 atom stereocenters. The number of imide groups is 1. The number of carbonyl (C=O) groups excluding carboxylic acids is 3. The van der Waals surface area contributed by atoms with E-state index < -0.39 is 23.4 Å². The summed E-state index contributed by atoms with van der Waals surface area (Å²) in [5.41, 5.74) is 1.80. The van der Waals surface area contributed by atoms with Gasteiger partial charge in [-0.2, -0.15) is 16.8 Å². The van der Waals surface area contributed by atoms with Crippen LogP contribution in [0.2, 0.25) is 0 Å². The van der Waals surface area contributed by atoms with E-state index in [4.69, 9.17) is 0 Å². The number of hydrazine groups is 1. The molecule has 0 unspecified atom stereocenters. The topological polar surface area (TPSA) is 124 Å². The van der Waals surface area contributed by atoms with E-state index >= 15 is 0 Å². The van der Waals surface area contributed by atoms with Gasteiger partial charge in [0.1, 0.15) is 16.2 Å². The van der Waals surface area contributed by atoms with Gasteiger partial charge in [0.05, 0.1) is 16.0 Å². The summed E-state index contributed by atoms with van der Waals surface area (Å²) in [6.07, 6.45) is 1.89. The second-order valence-corrected chi connectivity index (χ2v) is 9.05. The van der Waals surface area contributed by atoms with E-state index in [2.05, 4.69) is 20.7 Å². The fraction of sp³-hybridized carbons (Fsp3) is 0.250. The quantitative estimate of drug-likeness (QED) is 0.505. The first-order chi connectivity index (χ1) is 14.8. The van der Waals surface area contributed by atoms with Crippen molar-refractivity contribution in [2.75, 3.05) is 6.26 Å². The highest BCUT2D eigenvalue weighted by Gasteiger charge is 2.50. The molecule has 0 saturated carbocycles. The van der Waals surface area contributed by atoms with E-state index in [1.807, 2.05) is 6.26 Å². The Morgan fingerprint density at radius 1 is 1.26 bits per heavy atom. The largest absolute Gasteiger partial charge is 0.344 e. The maximum Gasteiger partial charge on any atom is 0.344 e. The SMILES string of the molecule is CSCc1nc2sc(C(=O)NN3C(=O)N[C@@](C)(c4ccccc4)C3=O)c(C)c2c(=O)[nH]1. The number of nitrogens with zero attached hydrogens (tertiary/aromatic N) is 2. The number of amides is 4. The second-order valence-electron chi connectivity index (χ2n) is 7.18. The highest BCUT2D eigenvalue weighted by molar-refractivity contribution is 7.97. The van der Waals surface area contributed by atoms with Crippen molar-refractivity contribution in [1.82, 2.24) is 25.7 Å². The Morgan fingerprint density at radius 2 is 1.97 bits per heavy atom. The number of thiophene rings is 1. The maximum atomic E-state index is 13.0. The first kappa shape index (κ1) is 21.1. The number of H-pyrrole nitrogens is 1. The van der Waals surface area contributed by atoms with Gasteiger partial charge < -0.3 is 10.3 Å². The summed E-state index contributed by atoms with van der Waals surface area (Å²) < 4.78 is 0. The molecule has 3 N–H and O–H groups in total. The second kappa shape index (κ2) is 7.82. The minimum absolute atomic E-state index is 0.211. The molecule has 1 aliphatic heterocycles. The van der Waals surface area contributed by atoms with Gasteiger partial charge in [0.15, 0.2) is 0 Å². The van der Waals surface area contributed by atoms with Crippen LogP contribution in [-0.4, -0.2) is 39.1 Å². The number of hydrogen-bond donors (Lipinski definition) is 3. The van der Waals surface area contributed by atoms with Crippen LogP contribution in [0, 0.1) is 6.92 Å². The molecule has 3 aromatic rings. The smallest absolute Gasteiger partial charge is 0.318 e. The fourth-order valence-corrected chi connectivity index (χ4v) is 4.97. The van der Waals surface area contributed by atoms with E-state index in [1.54, 1.807) is 44.2 Å². The van der Waals surface area contributed by atoms with Gasteiger partial charge in [0.25, 0.3) is 17.4 Å². The Hall–Kier alpha value is -3.18. The van der Waals surface area contributed by atoms with Crippen LogP contribution in [0.1, 0.15) is 33.5 Å². The molecule has 1 aliphatic rings. The fourth-order valence-electron chi connectivity index (χ4n) is 3.47. The van der Waals surface area contributed by atoms with Gasteiger partial charge >= 0.3 is 6.03 Å². The number of urea groups is 1. The predicted octanol–water partition coefficient (Wildman–Crippen LogP) is 2.27. The van der Waals surface area contributed by atoms with Crippen molar-refractivity contribution in [3.8, 4) is 0 Å². The van der Waals surface area contributed by atoms with Gasteiger partial charge in [-0.25, -0.2) is 9.78 Å². The third-order valence-electron chi connectivity index (χ3n) is 5.09. The number of rotatable bonds is 5. The molecule has 4 rings (SSSR count). The molecule has 0 bridgehead atoms. The number of aryl methyl sites for hydroxylation is 1. The molecular formula is C20H19N5O4S2. The molecule has 0 spiro atoms. The van der Waals surface area contributed by atoms with Crippen LogP contribution < -0.4 is 16.3 Å². The molecule has 160 valence electrons. The van der Waals surface area contributed by atoms with E-state index in [0.29, 0.717) is 37.9 Å². The van der Waals surface area contributed by atoms with Crippen molar-refractivity contribution in [3.05, 3.63) is 62.5 Å². The summed E-state index contributed by atoms with van der Waals surface area (Å²) in [7, 11) is 0. The summed E-state index contributed by atoms with van der Waals surface area (Å²) in [6.45, 7) is 3.22. The van der Waals surface area contributed by atoms with E-state index in [9.17, 15) is 19.2 Å². The van der Waals surface area contributed by atoms with Crippen molar-refractivity contribution in [2.24, 2.45) is 0 Å². The van der Waals surface area contributed by atoms with Gasteiger partial charge in [-0.1, -0.05) is 30.3 Å². The number of nitrogens with one attached hydrogen (secondary N) is 3. The number of benzene rings is 1. The predicted molar refractivity (Wildman–Crippen MR) is 119 cm³/mol. The molecule has 3 heterocycles. The summed E-state index contributed by atoms with van der Waals surface area (Å²) in [6, 6.07) is 8.04. The van der Waals surface area contributed by atoms with Gasteiger partial charge in [-0.15, -0.1) is 11.3 Å². The van der Waals surface area contributed by atoms with Crippen LogP contribution in [0.5, 0.6) is 0 Å². The lowest BCUT2D eigenvalue weighted by Crippen LogP contribution is -2.47. The zero-order valence-corrected chi connectivity index (χ0v) is 18.6. The third kappa shape index (κ3) is 3.49. The lowest BCUT2D eigenvalue weighted by atomic mass is 9.92. The number of hydrogen-bond acceptors (Lipinski definition) is 7. The number of aromatic amines is 1. The Bertz CT molecular complexity index is 1270. The highest BCUT2D eigenvalue weighted by Crippen LogP contribution is 2.30. The van der Waals surface area contributed by atoms with Crippen LogP contribution in [-0.2, 0) is 16.1 Å². The molecule has 9 nitrogen and oxygen atoms in total. The summed E-state index contributed by atoms with van der Waals surface area (Å²) in [4.78, 5) is 58.7. The van der Waals surface area contributed by atoms with Crippen molar-refractivity contribution >= 4 is 51.2 Å². The average Bonchev–Trinajstić information content (AvgIpc) is 3.18. The molecular weight excluding hydrogens is 438 g/mol. The van der Waals surface area contributed by atoms with Gasteiger partial charge in [0.2, 0.25) is 0 Å². The van der Waals surface area contributed by atoms with Crippen LogP contribution in [0.3, 0.4) is 0 Å². The Balaban J connectivity index is 1.64. The Labute approximate surface area is 185 Å². The van der Waals surface area contributed by atoms with Crippen molar-refractivity contribution in [2.45, 2.75) is 25.1 Å². The van der Waals surface area contributed by atoms with Crippen LogP contribution in [0.15, 0.2) is 35.1 Å². The number of thioether (sulfide) groups is 1. The molecule has 1 saturated heterocycles. The molecule has 1 aromatic carbocycles. The lowest BCUT2D eigenvalue weighted by molar-refractivity contribution is -0.132. The van der Waals surface area contributed by atoms with E-state index in [0.717, 1.165) is 11.3 Å². The van der Waals surface area contributed by atoms with Crippen molar-refractivity contribution in [1.29, 1.82) is 0 Å². The zero-order chi connectivity index (χ0) is 22.3. The van der Waals surface area contributed by atoms with Gasteiger partial charge in [-0.05, 0) is 31.2 Å². The number of fused-ring (bicyclic) bond motifs is 1. The van der Waals surface area contributed by atoms with Gasteiger partial charge in [-0.3, -0.25) is 19.8 Å². The van der Waals surface area contributed by atoms with Gasteiger partial charge in [0, 0.05) is 0 Å². The van der Waals surface area contributed by atoms with Crippen LogP contribution in [0.25, 0.3) is 10.2 Å². The first-order valence-corrected chi connectivity index (χ1v) is 11.5. The minimum atomic E-state index is -1.30. The Kier molecular flexibility index (Phi) is 5.31. The summed E-state index contributed by atoms with van der Waals surface area (Å²) in [5.74, 6) is -0.211. The van der Waals surface area contributed by atoms with E-state index in [-0.39, 0.29) is 10.4 Å². The number of aromatic nitrogens is 2. The monoisotopic (exact) mass is 457 g/mol. The average molecular weight is 458 g/mol. The molecule has 31 heavy (non-hydrogen) atoms. The van der Waals surface area contributed by atoms with Crippen molar-refractivity contribution in [3.63, 3.8) is 0 Å². The number of carbonyl (C=O) groups is 3. The third-order valence-corrected chi connectivity index (χ3v) is 6.84. The molecule has 0 radical (unpaired) electrons. The van der Waals surface area contributed by atoms with Crippen molar-refractivity contribution < 1.29 is 14.4 Å². The zero-order valence-electron chi connectivity index (χ0n) is 16.9. The standard InChI is InChI=1S/C20H19N5O4S2/c1-10-13-15(26)21-12(9-30-3)22-17(13)31-14(10)16(27)24-25-18(28)20(2,23-19(25)29)11-7-5-4-6-8-11/h4-8H,9H2,1-3H3,(H,23,29)(H,24,27)(H,21,22,26)/t20-/m0/s1. The lowest BCUT2D eigenvalue weighted by Gasteiger charge is -2.22.